The van der Waals surface area contributed by atoms with E-state index in [0.29, 0.717) is 34.7 Å². The van der Waals surface area contributed by atoms with Crippen LogP contribution < -0.4 is 25.3 Å². The van der Waals surface area contributed by atoms with Gasteiger partial charge in [0.2, 0.25) is 5.95 Å². The zero-order valence-electron chi connectivity index (χ0n) is 19.5. The van der Waals surface area contributed by atoms with Crippen LogP contribution in [-0.2, 0) is 0 Å². The van der Waals surface area contributed by atoms with E-state index >= 15 is 0 Å². The number of halogens is 1. The number of aromatic nitrogens is 2. The minimum absolute atomic E-state index is 0.0943. The van der Waals surface area contributed by atoms with Crippen molar-refractivity contribution in [1.29, 1.82) is 0 Å². The minimum Gasteiger partial charge on any atom is -0.368 e. The van der Waals surface area contributed by atoms with E-state index in [9.17, 15) is 4.79 Å². The number of nitrogens with one attached hydrogen (secondary N) is 2. The van der Waals surface area contributed by atoms with E-state index < -0.39 is 0 Å². The summed E-state index contributed by atoms with van der Waals surface area (Å²) in [6.07, 6.45) is 1.57. The molecule has 3 heterocycles. The average Bonchev–Trinajstić information content (AvgIpc) is 2.82. The lowest BCUT2D eigenvalue weighted by Crippen LogP contribution is -2.57. The molecule has 0 spiro atoms. The van der Waals surface area contributed by atoms with Gasteiger partial charge in [-0.05, 0) is 50.2 Å². The molecule has 0 aliphatic carbocycles. The van der Waals surface area contributed by atoms with Gasteiger partial charge in [-0.15, -0.1) is 0 Å². The van der Waals surface area contributed by atoms with Crippen LogP contribution in [-0.4, -0.2) is 54.8 Å². The number of nitrogens with zero attached hydrogens (tertiary/aromatic N) is 5. The summed E-state index contributed by atoms with van der Waals surface area (Å²) in [5.41, 5.74) is 3.28. The summed E-state index contributed by atoms with van der Waals surface area (Å²) in [5.74, 6) is 0.863. The second-order valence-corrected chi connectivity index (χ2v) is 9.77. The standard InChI is InChI=1S/C25H28ClN7O/c1-25(2)15-32(13-12-28-25)18-10-8-17(9-11-18)29-24-27-14-19-22(30-24)31(3)16-33(23(19)34)21-7-5-4-6-20(21)26/h4-11,14,28H,12-13,15-16H2,1-3H3,(H,27,29,30). The Hall–Kier alpha value is -3.36. The maximum atomic E-state index is 13.1. The van der Waals surface area contributed by atoms with E-state index in [4.69, 9.17) is 11.6 Å². The molecule has 0 unspecified atom stereocenters. The zero-order chi connectivity index (χ0) is 23.9. The second-order valence-electron chi connectivity index (χ2n) is 9.36. The molecule has 2 N–H and O–H groups in total. The van der Waals surface area contributed by atoms with Crippen molar-refractivity contribution < 1.29 is 4.79 Å². The molecule has 1 amide bonds. The number of carbonyl (C=O) groups is 1. The van der Waals surface area contributed by atoms with Crippen molar-refractivity contribution in [2.24, 2.45) is 0 Å². The average molecular weight is 478 g/mol. The quantitative estimate of drug-likeness (QED) is 0.585. The van der Waals surface area contributed by atoms with Gasteiger partial charge in [0, 0.05) is 49.8 Å². The SMILES string of the molecule is CN1CN(c2ccccc2Cl)C(=O)c2cnc(Nc3ccc(N4CCNC(C)(C)C4)cc3)nc21. The highest BCUT2D eigenvalue weighted by Gasteiger charge is 2.31. The van der Waals surface area contributed by atoms with E-state index in [0.717, 1.165) is 25.3 Å². The van der Waals surface area contributed by atoms with Crippen molar-refractivity contribution in [3.05, 3.63) is 65.3 Å². The first-order chi connectivity index (χ1) is 16.3. The van der Waals surface area contributed by atoms with Crippen molar-refractivity contribution >= 4 is 46.3 Å². The van der Waals surface area contributed by atoms with Crippen LogP contribution in [0.25, 0.3) is 0 Å². The van der Waals surface area contributed by atoms with Gasteiger partial charge >= 0.3 is 0 Å². The number of fused-ring (bicyclic) bond motifs is 1. The Morgan fingerprint density at radius 3 is 2.62 bits per heavy atom. The zero-order valence-corrected chi connectivity index (χ0v) is 20.3. The molecule has 2 aliphatic rings. The van der Waals surface area contributed by atoms with Gasteiger partial charge in [0.1, 0.15) is 11.4 Å². The Labute approximate surface area is 204 Å². The molecule has 0 radical (unpaired) electrons. The molecule has 0 bridgehead atoms. The van der Waals surface area contributed by atoms with E-state index in [2.05, 4.69) is 51.5 Å². The summed E-state index contributed by atoms with van der Waals surface area (Å²) in [4.78, 5) is 28.1. The monoisotopic (exact) mass is 477 g/mol. The number of rotatable bonds is 4. The first kappa shape index (κ1) is 22.4. The van der Waals surface area contributed by atoms with Crippen molar-refractivity contribution in [2.45, 2.75) is 19.4 Å². The van der Waals surface area contributed by atoms with Gasteiger partial charge in [0.25, 0.3) is 5.91 Å². The van der Waals surface area contributed by atoms with Crippen LogP contribution in [0.3, 0.4) is 0 Å². The van der Waals surface area contributed by atoms with Gasteiger partial charge in [0.05, 0.1) is 17.4 Å². The Kier molecular flexibility index (Phi) is 5.79. The van der Waals surface area contributed by atoms with Crippen LogP contribution in [0.4, 0.5) is 28.8 Å². The lowest BCUT2D eigenvalue weighted by atomic mass is 10.0. The molecule has 176 valence electrons. The van der Waals surface area contributed by atoms with E-state index in [1.54, 1.807) is 17.2 Å². The fourth-order valence-corrected chi connectivity index (χ4v) is 4.70. The number of carbonyl (C=O) groups excluding carboxylic acids is 1. The number of piperazine rings is 1. The number of benzene rings is 2. The number of para-hydroxylation sites is 1. The van der Waals surface area contributed by atoms with Crippen LogP contribution in [0.5, 0.6) is 0 Å². The fraction of sp³-hybridized carbons (Fsp3) is 0.320. The number of anilines is 5. The van der Waals surface area contributed by atoms with Gasteiger partial charge in [-0.3, -0.25) is 9.69 Å². The molecule has 2 aliphatic heterocycles. The normalized spacial score (nSPS) is 17.5. The van der Waals surface area contributed by atoms with Gasteiger partial charge < -0.3 is 20.4 Å². The lowest BCUT2D eigenvalue weighted by molar-refractivity contribution is 0.0982. The highest BCUT2D eigenvalue weighted by atomic mass is 35.5. The summed E-state index contributed by atoms with van der Waals surface area (Å²) < 4.78 is 0. The minimum atomic E-state index is -0.170. The summed E-state index contributed by atoms with van der Waals surface area (Å²) in [6.45, 7) is 7.70. The summed E-state index contributed by atoms with van der Waals surface area (Å²) >= 11 is 6.33. The number of hydrogen-bond donors (Lipinski definition) is 2. The predicted octanol–water partition coefficient (Wildman–Crippen LogP) is 4.12. The van der Waals surface area contributed by atoms with Gasteiger partial charge in [0.15, 0.2) is 0 Å². The van der Waals surface area contributed by atoms with Gasteiger partial charge in [-0.2, -0.15) is 4.98 Å². The maximum absolute atomic E-state index is 13.1. The lowest BCUT2D eigenvalue weighted by Gasteiger charge is -2.40. The Morgan fingerprint density at radius 1 is 1.12 bits per heavy atom. The molecule has 1 fully saturated rings. The molecule has 2 aromatic carbocycles. The summed E-state index contributed by atoms with van der Waals surface area (Å²) in [6, 6.07) is 15.6. The van der Waals surface area contributed by atoms with Crippen LogP contribution in [0.15, 0.2) is 54.7 Å². The van der Waals surface area contributed by atoms with Crippen molar-refractivity contribution in [1.82, 2.24) is 15.3 Å². The third kappa shape index (κ3) is 4.38. The van der Waals surface area contributed by atoms with Crippen LogP contribution >= 0.6 is 11.6 Å². The molecular formula is C25H28ClN7O. The molecule has 1 saturated heterocycles. The molecule has 0 saturated carbocycles. The van der Waals surface area contributed by atoms with Crippen LogP contribution in [0.1, 0.15) is 24.2 Å². The molecule has 9 heteroatoms. The van der Waals surface area contributed by atoms with Crippen molar-refractivity contribution in [3.63, 3.8) is 0 Å². The first-order valence-electron chi connectivity index (χ1n) is 11.3. The highest BCUT2D eigenvalue weighted by Crippen LogP contribution is 2.32. The largest absolute Gasteiger partial charge is 0.368 e. The van der Waals surface area contributed by atoms with E-state index in [-0.39, 0.29) is 11.4 Å². The molecule has 5 rings (SSSR count). The molecule has 1 aromatic heterocycles. The number of amides is 1. The third-order valence-electron chi connectivity index (χ3n) is 6.16. The molecule has 3 aromatic rings. The summed E-state index contributed by atoms with van der Waals surface area (Å²) in [5, 5.41) is 7.33. The second kappa shape index (κ2) is 8.77. The van der Waals surface area contributed by atoms with Crippen molar-refractivity contribution in [3.8, 4) is 0 Å². The van der Waals surface area contributed by atoms with Gasteiger partial charge in [-0.25, -0.2) is 4.98 Å². The molecule has 8 nitrogen and oxygen atoms in total. The highest BCUT2D eigenvalue weighted by molar-refractivity contribution is 6.34. The Balaban J connectivity index is 1.33. The maximum Gasteiger partial charge on any atom is 0.265 e. The van der Waals surface area contributed by atoms with E-state index in [1.807, 2.05) is 42.3 Å². The first-order valence-corrected chi connectivity index (χ1v) is 11.7. The third-order valence-corrected chi connectivity index (χ3v) is 6.48. The van der Waals surface area contributed by atoms with Crippen LogP contribution in [0, 0.1) is 0 Å². The molecule has 0 atom stereocenters. The van der Waals surface area contributed by atoms with Crippen LogP contribution in [0.2, 0.25) is 5.02 Å². The summed E-state index contributed by atoms with van der Waals surface area (Å²) in [7, 11) is 1.90. The topological polar surface area (TPSA) is 76.6 Å². The smallest absolute Gasteiger partial charge is 0.265 e. The fourth-order valence-electron chi connectivity index (χ4n) is 4.47. The Morgan fingerprint density at radius 2 is 1.88 bits per heavy atom. The van der Waals surface area contributed by atoms with Gasteiger partial charge in [-0.1, -0.05) is 23.7 Å². The number of hydrogen-bond acceptors (Lipinski definition) is 7. The molecular weight excluding hydrogens is 450 g/mol. The molecule has 34 heavy (non-hydrogen) atoms. The van der Waals surface area contributed by atoms with Crippen molar-refractivity contribution in [2.75, 3.05) is 53.4 Å². The predicted molar refractivity (Wildman–Crippen MR) is 138 cm³/mol. The Bertz CT molecular complexity index is 1210. The van der Waals surface area contributed by atoms with E-state index in [1.165, 1.54) is 5.69 Å².